The van der Waals surface area contributed by atoms with Crippen LogP contribution in [0.25, 0.3) is 22.6 Å². The number of carbonyl (C=O) groups excluding carboxylic acids is 1. The fraction of sp³-hybridized carbons (Fsp3) is 0.304. The standard InChI is InChI=1S/C23H19ClF4N8O/c1-22(10-3-5-11(26)6-4-10)14-17(29)32-19(33-18(14)34-21(22)37)15-13-16(24)35-36(2)20(13)31-12(30-15)7-8-23(27,28)9-25/h3-6H,7-9H2,1-2H3,(H3,29,32,33,34,37). The molecule has 4 aromatic rings. The van der Waals surface area contributed by atoms with Crippen LogP contribution in [0.4, 0.5) is 29.2 Å². The van der Waals surface area contributed by atoms with Crippen molar-refractivity contribution in [3.8, 4) is 11.5 Å². The molecular formula is C23H19ClF4N8O. The Bertz CT molecular complexity index is 1560. The molecule has 9 nitrogen and oxygen atoms in total. The van der Waals surface area contributed by atoms with Gasteiger partial charge < -0.3 is 11.1 Å². The zero-order valence-electron chi connectivity index (χ0n) is 19.5. The molecule has 192 valence electrons. The number of alkyl halides is 3. The summed E-state index contributed by atoms with van der Waals surface area (Å²) in [6.07, 6.45) is -1.16. The number of aromatic nitrogens is 6. The van der Waals surface area contributed by atoms with Gasteiger partial charge in [0.05, 0.1) is 10.9 Å². The Hall–Kier alpha value is -3.87. The third-order valence-corrected chi connectivity index (χ3v) is 6.62. The summed E-state index contributed by atoms with van der Waals surface area (Å²) >= 11 is 6.31. The highest BCUT2D eigenvalue weighted by Gasteiger charge is 2.47. The Kier molecular flexibility index (Phi) is 5.77. The minimum absolute atomic E-state index is 0.0102. The molecule has 0 fully saturated rings. The summed E-state index contributed by atoms with van der Waals surface area (Å²) < 4.78 is 54.6. The van der Waals surface area contributed by atoms with Gasteiger partial charge in [0.25, 0.3) is 5.92 Å². The van der Waals surface area contributed by atoms with E-state index in [1.165, 1.54) is 28.9 Å². The Morgan fingerprint density at radius 2 is 1.86 bits per heavy atom. The average Bonchev–Trinajstić information content (AvgIpc) is 3.29. The van der Waals surface area contributed by atoms with Crippen molar-refractivity contribution in [1.82, 2.24) is 29.7 Å². The van der Waals surface area contributed by atoms with E-state index in [-0.39, 0.29) is 51.6 Å². The smallest absolute Gasteiger partial charge is 0.276 e. The largest absolute Gasteiger partial charge is 0.383 e. The van der Waals surface area contributed by atoms with Gasteiger partial charge in [-0.2, -0.15) is 5.10 Å². The number of rotatable bonds is 6. The van der Waals surface area contributed by atoms with Crippen molar-refractivity contribution in [1.29, 1.82) is 0 Å². The van der Waals surface area contributed by atoms with E-state index in [1.54, 1.807) is 14.0 Å². The summed E-state index contributed by atoms with van der Waals surface area (Å²) in [5.74, 6) is -4.48. The van der Waals surface area contributed by atoms with E-state index < -0.39 is 36.2 Å². The number of hydrogen-bond donors (Lipinski definition) is 2. The molecule has 1 aliphatic heterocycles. The van der Waals surface area contributed by atoms with Gasteiger partial charge in [0.15, 0.2) is 23.3 Å². The Morgan fingerprint density at radius 1 is 1.16 bits per heavy atom. The van der Waals surface area contributed by atoms with Crippen LogP contribution in [0.1, 0.15) is 30.3 Å². The number of fused-ring (bicyclic) bond motifs is 2. The van der Waals surface area contributed by atoms with Crippen molar-refractivity contribution in [2.45, 2.75) is 31.1 Å². The summed E-state index contributed by atoms with van der Waals surface area (Å²) in [7, 11) is 1.55. The lowest BCUT2D eigenvalue weighted by atomic mass is 9.78. The van der Waals surface area contributed by atoms with Crippen molar-refractivity contribution in [2.24, 2.45) is 7.05 Å². The molecule has 0 spiro atoms. The molecule has 0 aliphatic carbocycles. The molecule has 3 aromatic heterocycles. The molecule has 0 bridgehead atoms. The van der Waals surface area contributed by atoms with Gasteiger partial charge in [-0.15, -0.1) is 0 Å². The second kappa shape index (κ2) is 8.61. The van der Waals surface area contributed by atoms with E-state index in [0.717, 1.165) is 0 Å². The van der Waals surface area contributed by atoms with E-state index >= 15 is 0 Å². The van der Waals surface area contributed by atoms with Crippen LogP contribution in [0, 0.1) is 5.82 Å². The second-order valence-corrected chi connectivity index (χ2v) is 9.19. The third kappa shape index (κ3) is 4.02. The quantitative estimate of drug-likeness (QED) is 0.358. The molecular weight excluding hydrogens is 516 g/mol. The first kappa shape index (κ1) is 24.8. The number of hydrogen-bond acceptors (Lipinski definition) is 7. The molecule has 0 saturated carbocycles. The van der Waals surface area contributed by atoms with Gasteiger partial charge in [0, 0.05) is 19.9 Å². The van der Waals surface area contributed by atoms with Crippen molar-refractivity contribution < 1.29 is 22.4 Å². The van der Waals surface area contributed by atoms with Crippen LogP contribution < -0.4 is 11.1 Å². The summed E-state index contributed by atoms with van der Waals surface area (Å²) in [5.41, 5.74) is 6.06. The van der Waals surface area contributed by atoms with E-state index in [9.17, 15) is 22.4 Å². The Labute approximate surface area is 212 Å². The summed E-state index contributed by atoms with van der Waals surface area (Å²) in [6, 6.07) is 5.40. The highest BCUT2D eigenvalue weighted by molar-refractivity contribution is 6.35. The number of halogens is 5. The molecule has 1 unspecified atom stereocenters. The number of nitrogens with zero attached hydrogens (tertiary/aromatic N) is 6. The fourth-order valence-corrected chi connectivity index (χ4v) is 4.64. The molecule has 1 aliphatic rings. The predicted octanol–water partition coefficient (Wildman–Crippen LogP) is 3.99. The SMILES string of the molecule is Cn1nc(Cl)c2c(-c3nc(N)c4c(n3)NC(=O)C4(C)c3ccc(F)cc3)nc(CCC(F)(F)CF)nc21. The Balaban J connectivity index is 1.66. The first-order chi connectivity index (χ1) is 17.4. The van der Waals surface area contributed by atoms with Crippen LogP contribution in [0.5, 0.6) is 0 Å². The number of anilines is 2. The van der Waals surface area contributed by atoms with Crippen LogP contribution >= 0.6 is 11.6 Å². The summed E-state index contributed by atoms with van der Waals surface area (Å²) in [6.45, 7) is -0.193. The van der Waals surface area contributed by atoms with Crippen LogP contribution in [0.15, 0.2) is 24.3 Å². The van der Waals surface area contributed by atoms with Gasteiger partial charge in [-0.3, -0.25) is 4.79 Å². The predicted molar refractivity (Wildman–Crippen MR) is 127 cm³/mol. The molecule has 3 N–H and O–H groups in total. The topological polar surface area (TPSA) is 124 Å². The number of nitrogen functional groups attached to an aromatic ring is 1. The van der Waals surface area contributed by atoms with E-state index in [0.29, 0.717) is 11.1 Å². The average molecular weight is 535 g/mol. The van der Waals surface area contributed by atoms with Gasteiger partial charge in [0.1, 0.15) is 34.4 Å². The maximum Gasteiger partial charge on any atom is 0.276 e. The lowest BCUT2D eigenvalue weighted by Gasteiger charge is -2.23. The minimum atomic E-state index is -3.54. The molecule has 0 saturated heterocycles. The highest BCUT2D eigenvalue weighted by atomic mass is 35.5. The van der Waals surface area contributed by atoms with Crippen LogP contribution in [0.3, 0.4) is 0 Å². The number of nitrogens with one attached hydrogen (secondary N) is 1. The first-order valence-electron chi connectivity index (χ1n) is 11.0. The van der Waals surface area contributed by atoms with Gasteiger partial charge in [-0.1, -0.05) is 23.7 Å². The van der Waals surface area contributed by atoms with Crippen LogP contribution in [-0.4, -0.2) is 48.2 Å². The molecule has 1 atom stereocenters. The van der Waals surface area contributed by atoms with Gasteiger partial charge in [-0.05, 0) is 24.6 Å². The molecule has 5 rings (SSSR count). The second-order valence-electron chi connectivity index (χ2n) is 8.83. The number of benzene rings is 1. The molecule has 4 heterocycles. The maximum absolute atomic E-state index is 13.6. The lowest BCUT2D eigenvalue weighted by Crippen LogP contribution is -2.33. The van der Waals surface area contributed by atoms with E-state index in [4.69, 9.17) is 17.3 Å². The van der Waals surface area contributed by atoms with Gasteiger partial charge in [0.2, 0.25) is 5.91 Å². The molecule has 37 heavy (non-hydrogen) atoms. The molecule has 14 heteroatoms. The minimum Gasteiger partial charge on any atom is -0.383 e. The molecule has 1 amide bonds. The molecule has 0 radical (unpaired) electrons. The first-order valence-corrected chi connectivity index (χ1v) is 11.4. The number of nitrogens with two attached hydrogens (primary N) is 1. The third-order valence-electron chi connectivity index (χ3n) is 6.35. The van der Waals surface area contributed by atoms with Crippen molar-refractivity contribution in [3.05, 3.63) is 52.2 Å². The maximum atomic E-state index is 13.6. The number of amides is 1. The van der Waals surface area contributed by atoms with Crippen molar-refractivity contribution >= 4 is 40.2 Å². The lowest BCUT2D eigenvalue weighted by molar-refractivity contribution is -0.119. The number of carbonyl (C=O) groups is 1. The van der Waals surface area contributed by atoms with Gasteiger partial charge in [-0.25, -0.2) is 42.2 Å². The monoisotopic (exact) mass is 534 g/mol. The van der Waals surface area contributed by atoms with Crippen molar-refractivity contribution in [3.63, 3.8) is 0 Å². The summed E-state index contributed by atoms with van der Waals surface area (Å²) in [4.78, 5) is 30.5. The highest BCUT2D eigenvalue weighted by Crippen LogP contribution is 2.45. The Morgan fingerprint density at radius 3 is 2.54 bits per heavy atom. The van der Waals surface area contributed by atoms with Crippen LogP contribution in [0.2, 0.25) is 5.15 Å². The fourth-order valence-electron chi connectivity index (χ4n) is 4.35. The van der Waals surface area contributed by atoms with E-state index in [1.807, 2.05) is 0 Å². The summed E-state index contributed by atoms with van der Waals surface area (Å²) in [5, 5.41) is 7.04. The molecule has 1 aromatic carbocycles. The van der Waals surface area contributed by atoms with Crippen molar-refractivity contribution in [2.75, 3.05) is 17.7 Å². The zero-order valence-corrected chi connectivity index (χ0v) is 20.2. The van der Waals surface area contributed by atoms with E-state index in [2.05, 4.69) is 30.4 Å². The van der Waals surface area contributed by atoms with Crippen LogP contribution in [-0.2, 0) is 23.7 Å². The zero-order chi connectivity index (χ0) is 26.7. The normalized spacial score (nSPS) is 17.3. The van der Waals surface area contributed by atoms with Gasteiger partial charge >= 0.3 is 0 Å². The number of aryl methyl sites for hydroxylation is 2.